The van der Waals surface area contributed by atoms with Crippen molar-refractivity contribution in [1.29, 1.82) is 0 Å². The number of amides is 2. The first-order valence-electron chi connectivity index (χ1n) is 8.25. The van der Waals surface area contributed by atoms with Crippen LogP contribution in [-0.2, 0) is 9.53 Å². The monoisotopic (exact) mass is 335 g/mol. The van der Waals surface area contributed by atoms with Gasteiger partial charge in [-0.1, -0.05) is 60.7 Å². The molecular weight excluding hydrogens is 314 g/mol. The van der Waals surface area contributed by atoms with Crippen molar-refractivity contribution in [2.75, 3.05) is 6.54 Å². The Morgan fingerprint density at radius 1 is 0.920 bits per heavy atom. The third-order valence-electron chi connectivity index (χ3n) is 3.88. The number of benzene rings is 2. The lowest BCUT2D eigenvalue weighted by Gasteiger charge is -2.23. The van der Waals surface area contributed by atoms with Gasteiger partial charge in [-0.05, 0) is 37.5 Å². The normalized spacial score (nSPS) is 14.8. The van der Waals surface area contributed by atoms with Crippen LogP contribution in [0.1, 0.15) is 31.9 Å². The summed E-state index contributed by atoms with van der Waals surface area (Å²) in [5.74, 6) is -0.320. The van der Waals surface area contributed by atoms with Gasteiger partial charge in [0.1, 0.15) is 5.60 Å². The summed E-state index contributed by atoms with van der Waals surface area (Å²) in [5, 5.41) is 0. The minimum atomic E-state index is -0.653. The topological polar surface area (TPSA) is 46.6 Å². The molecule has 0 spiro atoms. The number of rotatable bonds is 2. The molecule has 1 aliphatic rings. The zero-order chi connectivity index (χ0) is 18.0. The first kappa shape index (κ1) is 17.0. The first-order valence-corrected chi connectivity index (χ1v) is 8.25. The summed E-state index contributed by atoms with van der Waals surface area (Å²) >= 11 is 0. The Kier molecular flexibility index (Phi) is 4.45. The number of ether oxygens (including phenoxy) is 1. The number of hydrogen-bond acceptors (Lipinski definition) is 3. The SMILES string of the molecule is CC(C)(C)OC(=O)N1CC(c2ccccc2)=C(c2ccccc2)C1=O. The van der Waals surface area contributed by atoms with Gasteiger partial charge in [0.2, 0.25) is 0 Å². The molecule has 0 N–H and O–H groups in total. The third-order valence-corrected chi connectivity index (χ3v) is 3.88. The second-order valence-corrected chi connectivity index (χ2v) is 6.96. The molecule has 3 rings (SSSR count). The average molecular weight is 335 g/mol. The van der Waals surface area contributed by atoms with Crippen LogP contribution in [0.4, 0.5) is 4.79 Å². The van der Waals surface area contributed by atoms with Gasteiger partial charge in [0.15, 0.2) is 0 Å². The van der Waals surface area contributed by atoms with Crippen LogP contribution in [-0.4, -0.2) is 29.0 Å². The van der Waals surface area contributed by atoms with Crippen LogP contribution in [0.25, 0.3) is 11.1 Å². The van der Waals surface area contributed by atoms with Crippen LogP contribution in [0.5, 0.6) is 0 Å². The summed E-state index contributed by atoms with van der Waals surface area (Å²) in [5.41, 5.74) is 2.47. The maximum Gasteiger partial charge on any atom is 0.417 e. The highest BCUT2D eigenvalue weighted by atomic mass is 16.6. The standard InChI is InChI=1S/C21H21NO3/c1-21(2,3)25-20(24)22-14-17(15-10-6-4-7-11-15)18(19(22)23)16-12-8-5-9-13-16/h4-13H,14H2,1-3H3. The van der Waals surface area contributed by atoms with Gasteiger partial charge in [-0.15, -0.1) is 0 Å². The molecular formula is C21H21NO3. The summed E-state index contributed by atoms with van der Waals surface area (Å²) in [6.45, 7) is 5.57. The molecule has 2 aromatic rings. The highest BCUT2D eigenvalue weighted by Gasteiger charge is 2.37. The summed E-state index contributed by atoms with van der Waals surface area (Å²) in [6.07, 6.45) is -0.614. The van der Waals surface area contributed by atoms with E-state index in [9.17, 15) is 9.59 Å². The van der Waals surface area contributed by atoms with Gasteiger partial charge in [-0.3, -0.25) is 4.79 Å². The fourth-order valence-corrected chi connectivity index (χ4v) is 2.81. The molecule has 2 aromatic carbocycles. The summed E-state index contributed by atoms with van der Waals surface area (Å²) in [7, 11) is 0. The van der Waals surface area contributed by atoms with Crippen LogP contribution in [0, 0.1) is 0 Å². The number of imide groups is 1. The van der Waals surface area contributed by atoms with Gasteiger partial charge in [-0.2, -0.15) is 0 Å². The van der Waals surface area contributed by atoms with E-state index in [1.807, 2.05) is 60.7 Å². The van der Waals surface area contributed by atoms with Crippen LogP contribution in [0.2, 0.25) is 0 Å². The van der Waals surface area contributed by atoms with E-state index in [0.717, 1.165) is 16.7 Å². The number of carbonyl (C=O) groups is 2. The van der Waals surface area contributed by atoms with Gasteiger partial charge in [0, 0.05) is 0 Å². The lowest BCUT2D eigenvalue weighted by atomic mass is 9.97. The van der Waals surface area contributed by atoms with Gasteiger partial charge >= 0.3 is 6.09 Å². The summed E-state index contributed by atoms with van der Waals surface area (Å²) in [4.78, 5) is 26.6. The number of hydrogen-bond donors (Lipinski definition) is 0. The lowest BCUT2D eigenvalue weighted by Crippen LogP contribution is -2.38. The molecule has 0 unspecified atom stereocenters. The molecule has 0 aromatic heterocycles. The molecule has 0 atom stereocenters. The van der Waals surface area contributed by atoms with Gasteiger partial charge in [0.25, 0.3) is 5.91 Å². The van der Waals surface area contributed by atoms with Gasteiger partial charge in [-0.25, -0.2) is 9.69 Å². The largest absolute Gasteiger partial charge is 0.443 e. The Hall–Kier alpha value is -2.88. The van der Waals surface area contributed by atoms with Crippen molar-refractivity contribution >= 4 is 23.1 Å². The van der Waals surface area contributed by atoms with Crippen LogP contribution >= 0.6 is 0 Å². The molecule has 2 amide bonds. The summed E-state index contributed by atoms with van der Waals surface area (Å²) < 4.78 is 5.40. The Morgan fingerprint density at radius 2 is 1.44 bits per heavy atom. The fraction of sp³-hybridized carbons (Fsp3) is 0.238. The van der Waals surface area contributed by atoms with Crippen molar-refractivity contribution in [2.45, 2.75) is 26.4 Å². The second kappa shape index (κ2) is 6.55. The predicted octanol–water partition coefficient (Wildman–Crippen LogP) is 4.37. The van der Waals surface area contributed by atoms with E-state index in [2.05, 4.69) is 0 Å². The molecule has 0 fully saturated rings. The van der Waals surface area contributed by atoms with Gasteiger partial charge in [0.05, 0.1) is 12.1 Å². The highest BCUT2D eigenvalue weighted by molar-refractivity contribution is 6.33. The van der Waals surface area contributed by atoms with Crippen molar-refractivity contribution in [3.8, 4) is 0 Å². The maximum absolute atomic E-state index is 13.0. The predicted molar refractivity (Wildman–Crippen MR) is 97.6 cm³/mol. The Balaban J connectivity index is 2.02. The average Bonchev–Trinajstić information content (AvgIpc) is 2.92. The zero-order valence-corrected chi connectivity index (χ0v) is 14.7. The summed E-state index contributed by atoms with van der Waals surface area (Å²) in [6, 6.07) is 19.1. The maximum atomic E-state index is 13.0. The van der Waals surface area contributed by atoms with Crippen molar-refractivity contribution < 1.29 is 14.3 Å². The van der Waals surface area contributed by atoms with Crippen LogP contribution in [0.3, 0.4) is 0 Å². The minimum Gasteiger partial charge on any atom is -0.443 e. The van der Waals surface area contributed by atoms with E-state index in [4.69, 9.17) is 4.74 Å². The quantitative estimate of drug-likeness (QED) is 0.818. The highest BCUT2D eigenvalue weighted by Crippen LogP contribution is 2.35. The molecule has 0 saturated carbocycles. The molecule has 1 heterocycles. The smallest absolute Gasteiger partial charge is 0.417 e. The van der Waals surface area contributed by atoms with Gasteiger partial charge < -0.3 is 4.74 Å². The van der Waals surface area contributed by atoms with E-state index in [0.29, 0.717) is 5.57 Å². The Bertz CT molecular complexity index is 817. The molecule has 25 heavy (non-hydrogen) atoms. The molecule has 0 radical (unpaired) electrons. The second-order valence-electron chi connectivity index (χ2n) is 6.96. The van der Waals surface area contributed by atoms with E-state index in [-0.39, 0.29) is 12.5 Å². The van der Waals surface area contributed by atoms with E-state index in [1.165, 1.54) is 4.90 Å². The molecule has 0 saturated heterocycles. The molecule has 0 aliphatic carbocycles. The Labute approximate surface area is 147 Å². The van der Waals surface area contributed by atoms with Crippen molar-refractivity contribution in [3.63, 3.8) is 0 Å². The van der Waals surface area contributed by atoms with Crippen molar-refractivity contribution in [3.05, 3.63) is 71.8 Å². The van der Waals surface area contributed by atoms with Crippen LogP contribution < -0.4 is 0 Å². The fourth-order valence-electron chi connectivity index (χ4n) is 2.81. The first-order chi connectivity index (χ1) is 11.9. The van der Waals surface area contributed by atoms with Crippen molar-refractivity contribution in [1.82, 2.24) is 4.90 Å². The van der Waals surface area contributed by atoms with E-state index >= 15 is 0 Å². The lowest BCUT2D eigenvalue weighted by molar-refractivity contribution is -0.122. The molecule has 4 heteroatoms. The van der Waals surface area contributed by atoms with E-state index in [1.54, 1.807) is 20.8 Å². The molecule has 0 bridgehead atoms. The van der Waals surface area contributed by atoms with E-state index < -0.39 is 11.7 Å². The molecule has 4 nitrogen and oxygen atoms in total. The van der Waals surface area contributed by atoms with Crippen molar-refractivity contribution in [2.24, 2.45) is 0 Å². The third kappa shape index (κ3) is 3.63. The molecule has 1 aliphatic heterocycles. The minimum absolute atomic E-state index is 0.210. The number of nitrogens with zero attached hydrogens (tertiary/aromatic N) is 1. The zero-order valence-electron chi connectivity index (χ0n) is 14.7. The molecule has 128 valence electrons. The number of carbonyl (C=O) groups excluding carboxylic acids is 2. The van der Waals surface area contributed by atoms with Crippen LogP contribution in [0.15, 0.2) is 60.7 Å². The Morgan fingerprint density at radius 3 is 1.96 bits per heavy atom.